The number of thiophene rings is 1. The van der Waals surface area contributed by atoms with E-state index in [1.807, 2.05) is 41.7 Å². The lowest BCUT2D eigenvalue weighted by atomic mass is 10.0. The zero-order chi connectivity index (χ0) is 36.5. The predicted molar refractivity (Wildman–Crippen MR) is 229 cm³/mol. The Labute approximate surface area is 321 Å². The first-order chi connectivity index (χ1) is 27.2. The van der Waals surface area contributed by atoms with Crippen LogP contribution in [0.3, 0.4) is 0 Å². The maximum atomic E-state index is 6.27. The van der Waals surface area contributed by atoms with Gasteiger partial charge in [0.2, 0.25) is 0 Å². The maximum absolute atomic E-state index is 6.27. The summed E-state index contributed by atoms with van der Waals surface area (Å²) in [5.41, 5.74) is 9.29. The van der Waals surface area contributed by atoms with Gasteiger partial charge in [0.25, 0.3) is 0 Å². The summed E-state index contributed by atoms with van der Waals surface area (Å²) in [6.07, 6.45) is 3.40. The van der Waals surface area contributed by atoms with E-state index in [4.69, 9.17) is 19.4 Å². The quantitative estimate of drug-likeness (QED) is 0.164. The topological polar surface area (TPSA) is 56.7 Å². The molecule has 7 aromatic carbocycles. The van der Waals surface area contributed by atoms with Gasteiger partial charge in [-0.1, -0.05) is 116 Å². The molecule has 4 heterocycles. The van der Waals surface area contributed by atoms with E-state index in [0.717, 1.165) is 50.7 Å². The average molecular weight is 727 g/mol. The summed E-state index contributed by atoms with van der Waals surface area (Å²) in [4.78, 5) is 15.4. The van der Waals surface area contributed by atoms with Crippen LogP contribution in [0.15, 0.2) is 156 Å². The second-order valence-corrected chi connectivity index (χ2v) is 15.3. The fraction of sp³-hybridized carbons (Fsp3) is 0.0816. The van der Waals surface area contributed by atoms with Gasteiger partial charge >= 0.3 is 0 Å². The lowest BCUT2D eigenvalue weighted by Crippen LogP contribution is -2.01. The summed E-state index contributed by atoms with van der Waals surface area (Å²) in [7, 11) is 0. The molecule has 0 saturated carbocycles. The molecule has 0 aliphatic heterocycles. The van der Waals surface area contributed by atoms with E-state index in [9.17, 15) is 0 Å². The molecule has 0 atom stereocenters. The van der Waals surface area contributed by atoms with Crippen molar-refractivity contribution in [2.75, 3.05) is 0 Å². The number of hydrogen-bond donors (Lipinski definition) is 0. The second kappa shape index (κ2) is 12.8. The molecule has 0 aliphatic rings. The third kappa shape index (κ3) is 5.17. The summed E-state index contributed by atoms with van der Waals surface area (Å²) < 4.78 is 11.3. The number of furan rings is 1. The fourth-order valence-corrected chi connectivity index (χ4v) is 9.42. The number of aromatic nitrogens is 4. The Morgan fingerprint density at radius 1 is 0.545 bits per heavy atom. The highest BCUT2D eigenvalue weighted by molar-refractivity contribution is 7.26. The van der Waals surface area contributed by atoms with Crippen molar-refractivity contribution in [2.24, 2.45) is 0 Å². The van der Waals surface area contributed by atoms with Gasteiger partial charge in [0.1, 0.15) is 11.2 Å². The molecular weight excluding hydrogens is 693 g/mol. The third-order valence-electron chi connectivity index (χ3n) is 10.9. The Balaban J connectivity index is 1.09. The standard InChI is InChI=1S/C49H34N4OS/c1-2-3-11-30-20-22-31(23-21-30)47-50-48(52-49(51-47)39-15-10-18-42-44(39)38-14-5-8-17-41(38)54-42)32-24-26-33(27-25-32)53-40-16-7-4-12-34(40)36-28-29-37-35-13-6-9-19-43(35)55-46(37)45(36)53/h4-10,12-29H,2-3,11H2,1H3. The van der Waals surface area contributed by atoms with Crippen molar-refractivity contribution in [3.8, 4) is 39.9 Å². The number of para-hydroxylation sites is 2. The minimum absolute atomic E-state index is 0.617. The van der Waals surface area contributed by atoms with Gasteiger partial charge in [-0.2, -0.15) is 0 Å². The molecule has 6 heteroatoms. The zero-order valence-corrected chi connectivity index (χ0v) is 31.0. The zero-order valence-electron chi connectivity index (χ0n) is 30.2. The Bertz CT molecular complexity index is 3240. The van der Waals surface area contributed by atoms with Gasteiger partial charge in [0.05, 0.1) is 15.7 Å². The van der Waals surface area contributed by atoms with Gasteiger partial charge in [-0.25, -0.2) is 15.0 Å². The molecule has 0 radical (unpaired) electrons. The van der Waals surface area contributed by atoms with Crippen molar-refractivity contribution in [3.05, 3.63) is 157 Å². The van der Waals surface area contributed by atoms with Crippen molar-refractivity contribution < 1.29 is 4.42 Å². The predicted octanol–water partition coefficient (Wildman–Crippen LogP) is 13.6. The van der Waals surface area contributed by atoms with E-state index in [1.165, 1.54) is 60.4 Å². The molecule has 5 nitrogen and oxygen atoms in total. The van der Waals surface area contributed by atoms with Gasteiger partial charge in [0, 0.05) is 59.4 Å². The second-order valence-electron chi connectivity index (χ2n) is 14.2. The Hall–Kier alpha value is -6.63. The summed E-state index contributed by atoms with van der Waals surface area (Å²) in [5.74, 6) is 1.89. The van der Waals surface area contributed by atoms with Crippen molar-refractivity contribution in [3.63, 3.8) is 0 Å². The summed E-state index contributed by atoms with van der Waals surface area (Å²) in [6.45, 7) is 2.23. The molecule has 0 N–H and O–H groups in total. The van der Waals surface area contributed by atoms with E-state index in [0.29, 0.717) is 17.5 Å². The van der Waals surface area contributed by atoms with E-state index in [-0.39, 0.29) is 0 Å². The number of hydrogen-bond acceptors (Lipinski definition) is 5. The number of aryl methyl sites for hydroxylation is 1. The van der Waals surface area contributed by atoms with Crippen LogP contribution in [0, 0.1) is 0 Å². The van der Waals surface area contributed by atoms with Crippen LogP contribution in [0.1, 0.15) is 25.3 Å². The van der Waals surface area contributed by atoms with Crippen LogP contribution in [-0.4, -0.2) is 19.5 Å². The molecule has 11 aromatic rings. The number of benzene rings is 7. The lowest BCUT2D eigenvalue weighted by Gasteiger charge is -2.11. The molecule has 0 unspecified atom stereocenters. The molecule has 0 bridgehead atoms. The fourth-order valence-electron chi connectivity index (χ4n) is 8.18. The summed E-state index contributed by atoms with van der Waals surface area (Å²) in [5, 5.41) is 7.14. The van der Waals surface area contributed by atoms with Gasteiger partial charge in [-0.15, -0.1) is 11.3 Å². The first-order valence-electron chi connectivity index (χ1n) is 18.9. The lowest BCUT2D eigenvalue weighted by molar-refractivity contribution is 0.669. The number of rotatable bonds is 7. The molecular formula is C49H34N4OS. The van der Waals surface area contributed by atoms with Crippen LogP contribution in [0.25, 0.3) is 104 Å². The molecule has 55 heavy (non-hydrogen) atoms. The van der Waals surface area contributed by atoms with Crippen LogP contribution < -0.4 is 0 Å². The Kier molecular flexibility index (Phi) is 7.39. The number of fused-ring (bicyclic) bond motifs is 10. The third-order valence-corrected chi connectivity index (χ3v) is 12.1. The van der Waals surface area contributed by atoms with E-state index in [1.54, 1.807) is 0 Å². The van der Waals surface area contributed by atoms with Gasteiger partial charge < -0.3 is 8.98 Å². The van der Waals surface area contributed by atoms with Gasteiger partial charge in [-0.3, -0.25) is 0 Å². The van der Waals surface area contributed by atoms with Crippen LogP contribution in [0.2, 0.25) is 0 Å². The molecule has 0 fully saturated rings. The highest BCUT2D eigenvalue weighted by Crippen LogP contribution is 2.43. The molecule has 0 saturated heterocycles. The van der Waals surface area contributed by atoms with E-state index >= 15 is 0 Å². The highest BCUT2D eigenvalue weighted by atomic mass is 32.1. The molecule has 0 spiro atoms. The van der Waals surface area contributed by atoms with Crippen LogP contribution >= 0.6 is 11.3 Å². The van der Waals surface area contributed by atoms with Crippen LogP contribution in [-0.2, 0) is 6.42 Å². The monoisotopic (exact) mass is 726 g/mol. The number of nitrogens with zero attached hydrogens (tertiary/aromatic N) is 4. The van der Waals surface area contributed by atoms with E-state index in [2.05, 4.69) is 133 Å². The SMILES string of the molecule is CCCCc1ccc(-c2nc(-c3ccc(-n4c5ccccc5c5ccc6c7ccccc7sc6c54)cc3)nc(-c3cccc4oc5ccccc5c34)n2)cc1. The van der Waals surface area contributed by atoms with Crippen molar-refractivity contribution in [1.82, 2.24) is 19.5 Å². The Morgan fingerprint density at radius 2 is 1.20 bits per heavy atom. The molecule has 0 aliphatic carbocycles. The van der Waals surface area contributed by atoms with Gasteiger partial charge in [-0.05, 0) is 66.9 Å². The average Bonchev–Trinajstić information content (AvgIpc) is 3.93. The summed E-state index contributed by atoms with van der Waals surface area (Å²) in [6, 6.07) is 53.6. The van der Waals surface area contributed by atoms with Gasteiger partial charge in [0.15, 0.2) is 17.5 Å². The van der Waals surface area contributed by atoms with Crippen molar-refractivity contribution in [2.45, 2.75) is 26.2 Å². The van der Waals surface area contributed by atoms with Crippen LogP contribution in [0.5, 0.6) is 0 Å². The first-order valence-corrected chi connectivity index (χ1v) is 19.7. The Morgan fingerprint density at radius 3 is 2.00 bits per heavy atom. The van der Waals surface area contributed by atoms with Crippen molar-refractivity contribution >= 4 is 75.3 Å². The largest absolute Gasteiger partial charge is 0.456 e. The minimum atomic E-state index is 0.617. The molecule has 262 valence electrons. The minimum Gasteiger partial charge on any atom is -0.456 e. The normalized spacial score (nSPS) is 11.9. The highest BCUT2D eigenvalue weighted by Gasteiger charge is 2.20. The molecule has 4 aromatic heterocycles. The first kappa shape index (κ1) is 31.9. The number of unbranched alkanes of at least 4 members (excludes halogenated alkanes) is 1. The maximum Gasteiger partial charge on any atom is 0.164 e. The van der Waals surface area contributed by atoms with E-state index < -0.39 is 0 Å². The smallest absolute Gasteiger partial charge is 0.164 e. The molecule has 11 rings (SSSR count). The van der Waals surface area contributed by atoms with Crippen molar-refractivity contribution in [1.29, 1.82) is 0 Å². The summed E-state index contributed by atoms with van der Waals surface area (Å²) >= 11 is 1.87. The molecule has 0 amide bonds. The van der Waals surface area contributed by atoms with Crippen LogP contribution in [0.4, 0.5) is 0 Å².